The van der Waals surface area contributed by atoms with Crippen molar-refractivity contribution in [1.29, 1.82) is 0 Å². The van der Waals surface area contributed by atoms with E-state index in [1.54, 1.807) is 7.11 Å². The molecule has 6 nitrogen and oxygen atoms in total. The largest absolute Gasteiger partial charge is 0.395 e. The predicted molar refractivity (Wildman–Crippen MR) is 54.8 cm³/mol. The summed E-state index contributed by atoms with van der Waals surface area (Å²) in [6.45, 7) is 1.07. The van der Waals surface area contributed by atoms with E-state index in [1.165, 1.54) is 11.1 Å². The fourth-order valence-corrected chi connectivity index (χ4v) is 1.47. The van der Waals surface area contributed by atoms with Gasteiger partial charge in [0, 0.05) is 20.2 Å². The fraction of sp³-hybridized carbons (Fsp3) is 0.625. The van der Waals surface area contributed by atoms with Gasteiger partial charge in [0.25, 0.3) is 5.91 Å². The molecule has 0 saturated carbocycles. The summed E-state index contributed by atoms with van der Waals surface area (Å²) < 4.78 is 12.5. The smallest absolute Gasteiger partial charge is 0.275 e. The van der Waals surface area contributed by atoms with Gasteiger partial charge < -0.3 is 14.7 Å². The average molecular weight is 231 g/mol. The highest BCUT2D eigenvalue weighted by atomic mass is 32.1. The monoisotopic (exact) mass is 231 g/mol. The minimum Gasteiger partial charge on any atom is -0.395 e. The molecule has 0 unspecified atom stereocenters. The maximum atomic E-state index is 11.8. The summed E-state index contributed by atoms with van der Waals surface area (Å²) in [6, 6.07) is 0. The maximum Gasteiger partial charge on any atom is 0.275 e. The molecule has 0 saturated heterocycles. The summed E-state index contributed by atoms with van der Waals surface area (Å²) in [5, 5.41) is 8.81. The van der Waals surface area contributed by atoms with Crippen LogP contribution in [0.25, 0.3) is 0 Å². The van der Waals surface area contributed by atoms with Crippen molar-refractivity contribution in [3.05, 3.63) is 11.9 Å². The van der Waals surface area contributed by atoms with E-state index in [9.17, 15) is 4.79 Å². The lowest BCUT2D eigenvalue weighted by Gasteiger charge is -2.19. The zero-order valence-corrected chi connectivity index (χ0v) is 9.24. The molecule has 0 aliphatic rings. The van der Waals surface area contributed by atoms with Crippen LogP contribution < -0.4 is 0 Å². The molecule has 0 bridgehead atoms. The molecule has 1 heterocycles. The van der Waals surface area contributed by atoms with Gasteiger partial charge in [0.15, 0.2) is 5.69 Å². The third kappa shape index (κ3) is 3.54. The van der Waals surface area contributed by atoms with Crippen LogP contribution in [-0.4, -0.2) is 58.1 Å². The van der Waals surface area contributed by atoms with E-state index in [2.05, 4.69) is 8.75 Å². The Labute approximate surface area is 91.8 Å². The predicted octanol–water partition coefficient (Wildman–Crippen LogP) is -0.381. The highest BCUT2D eigenvalue weighted by molar-refractivity contribution is 6.99. The van der Waals surface area contributed by atoms with Gasteiger partial charge in [-0.3, -0.25) is 4.79 Å². The number of rotatable bonds is 6. The second-order valence-corrected chi connectivity index (χ2v) is 3.36. The Bertz CT molecular complexity index is 291. The molecule has 1 aromatic rings. The lowest BCUT2D eigenvalue weighted by Crippen LogP contribution is -2.36. The van der Waals surface area contributed by atoms with E-state index in [1.807, 2.05) is 0 Å². The highest BCUT2D eigenvalue weighted by Gasteiger charge is 2.17. The van der Waals surface area contributed by atoms with Crippen molar-refractivity contribution in [3.63, 3.8) is 0 Å². The number of carbonyl (C=O) groups is 1. The second kappa shape index (κ2) is 6.44. The van der Waals surface area contributed by atoms with Crippen LogP contribution in [0.15, 0.2) is 6.20 Å². The number of hydrogen-bond acceptors (Lipinski definition) is 6. The Kier molecular flexibility index (Phi) is 5.16. The molecule has 1 amide bonds. The number of aromatic nitrogens is 2. The van der Waals surface area contributed by atoms with Crippen molar-refractivity contribution in [1.82, 2.24) is 13.6 Å². The van der Waals surface area contributed by atoms with Crippen LogP contribution in [0.1, 0.15) is 10.5 Å². The van der Waals surface area contributed by atoms with Gasteiger partial charge in [0.05, 0.1) is 31.1 Å². The first kappa shape index (κ1) is 12.0. The Morgan fingerprint density at radius 2 is 2.47 bits per heavy atom. The summed E-state index contributed by atoms with van der Waals surface area (Å²) in [6.07, 6.45) is 1.42. The van der Waals surface area contributed by atoms with E-state index >= 15 is 0 Å². The lowest BCUT2D eigenvalue weighted by atomic mass is 10.3. The highest BCUT2D eigenvalue weighted by Crippen LogP contribution is 2.02. The standard InChI is InChI=1S/C8H13N3O3S/c1-14-5-3-11(2-4-12)8(13)7-6-9-15-10-7/h6,12H,2-5H2,1H3. The molecular weight excluding hydrogens is 218 g/mol. The fourth-order valence-electron chi connectivity index (χ4n) is 1.06. The van der Waals surface area contributed by atoms with Gasteiger partial charge >= 0.3 is 0 Å². The molecule has 0 aliphatic carbocycles. The van der Waals surface area contributed by atoms with Crippen molar-refractivity contribution in [2.75, 3.05) is 33.4 Å². The summed E-state index contributed by atoms with van der Waals surface area (Å²) in [5.74, 6) is -0.227. The van der Waals surface area contributed by atoms with Crippen LogP contribution in [0.3, 0.4) is 0 Å². The Morgan fingerprint density at radius 3 is 3.00 bits per heavy atom. The number of ether oxygens (including phenoxy) is 1. The van der Waals surface area contributed by atoms with Crippen LogP contribution in [0, 0.1) is 0 Å². The van der Waals surface area contributed by atoms with Gasteiger partial charge in [-0.15, -0.1) is 0 Å². The van der Waals surface area contributed by atoms with Crippen molar-refractivity contribution < 1.29 is 14.6 Å². The minimum absolute atomic E-state index is 0.0764. The molecule has 7 heteroatoms. The summed E-state index contributed by atoms with van der Waals surface area (Å²) >= 11 is 0.986. The van der Waals surface area contributed by atoms with Crippen LogP contribution >= 0.6 is 11.7 Å². The lowest BCUT2D eigenvalue weighted by molar-refractivity contribution is 0.0652. The van der Waals surface area contributed by atoms with Gasteiger partial charge in [-0.25, -0.2) is 0 Å². The molecule has 0 aliphatic heterocycles. The molecule has 0 fully saturated rings. The molecule has 1 aromatic heterocycles. The number of nitrogens with zero attached hydrogens (tertiary/aromatic N) is 3. The van der Waals surface area contributed by atoms with Crippen molar-refractivity contribution >= 4 is 17.6 Å². The van der Waals surface area contributed by atoms with E-state index in [4.69, 9.17) is 9.84 Å². The van der Waals surface area contributed by atoms with E-state index in [0.717, 1.165) is 11.7 Å². The normalized spacial score (nSPS) is 10.3. The Morgan fingerprint density at radius 1 is 1.67 bits per heavy atom. The third-order valence-electron chi connectivity index (χ3n) is 1.80. The van der Waals surface area contributed by atoms with E-state index in [0.29, 0.717) is 18.8 Å². The van der Waals surface area contributed by atoms with Crippen molar-refractivity contribution in [2.24, 2.45) is 0 Å². The second-order valence-electron chi connectivity index (χ2n) is 2.80. The van der Waals surface area contributed by atoms with Gasteiger partial charge in [-0.1, -0.05) is 0 Å². The number of carbonyl (C=O) groups excluding carboxylic acids is 1. The van der Waals surface area contributed by atoms with Crippen molar-refractivity contribution in [3.8, 4) is 0 Å². The van der Waals surface area contributed by atoms with E-state index < -0.39 is 0 Å². The van der Waals surface area contributed by atoms with Crippen LogP contribution in [-0.2, 0) is 4.74 Å². The summed E-state index contributed by atoms with van der Waals surface area (Å²) in [7, 11) is 1.56. The minimum atomic E-state index is -0.227. The first-order valence-electron chi connectivity index (χ1n) is 4.46. The zero-order valence-electron chi connectivity index (χ0n) is 8.42. The molecule has 0 aromatic carbocycles. The summed E-state index contributed by atoms with van der Waals surface area (Å²) in [5.41, 5.74) is 0.310. The topological polar surface area (TPSA) is 75.6 Å². The molecule has 0 atom stereocenters. The first-order chi connectivity index (χ1) is 7.29. The molecule has 1 N–H and O–H groups in total. The molecule has 84 valence electrons. The molecule has 0 spiro atoms. The molecule has 15 heavy (non-hydrogen) atoms. The summed E-state index contributed by atoms with van der Waals surface area (Å²) in [4.78, 5) is 13.3. The number of aliphatic hydroxyl groups is 1. The average Bonchev–Trinajstić information content (AvgIpc) is 2.76. The van der Waals surface area contributed by atoms with Crippen LogP contribution in [0.5, 0.6) is 0 Å². The third-order valence-corrected chi connectivity index (χ3v) is 2.28. The van der Waals surface area contributed by atoms with Crippen molar-refractivity contribution in [2.45, 2.75) is 0 Å². The Hall–Kier alpha value is -1.05. The SMILES string of the molecule is COCCN(CCO)C(=O)c1cnsn1. The molecule has 0 radical (unpaired) electrons. The van der Waals surface area contributed by atoms with Gasteiger partial charge in [-0.05, 0) is 0 Å². The number of amides is 1. The number of aliphatic hydroxyl groups excluding tert-OH is 1. The zero-order chi connectivity index (χ0) is 11.1. The molecule has 1 rings (SSSR count). The quantitative estimate of drug-likeness (QED) is 0.722. The van der Waals surface area contributed by atoms with Crippen LogP contribution in [0.2, 0.25) is 0 Å². The van der Waals surface area contributed by atoms with Crippen LogP contribution in [0.4, 0.5) is 0 Å². The maximum absolute atomic E-state index is 11.8. The van der Waals surface area contributed by atoms with Gasteiger partial charge in [0.2, 0.25) is 0 Å². The number of methoxy groups -OCH3 is 1. The van der Waals surface area contributed by atoms with E-state index in [-0.39, 0.29) is 19.1 Å². The van der Waals surface area contributed by atoms with Gasteiger partial charge in [-0.2, -0.15) is 8.75 Å². The number of hydrogen-bond donors (Lipinski definition) is 1. The van der Waals surface area contributed by atoms with Gasteiger partial charge in [0.1, 0.15) is 0 Å². The Balaban J connectivity index is 2.58. The first-order valence-corrected chi connectivity index (χ1v) is 5.19. The molecular formula is C8H13N3O3S.